The molecule has 0 aromatic heterocycles. The molecule has 1 aromatic carbocycles. The highest BCUT2D eigenvalue weighted by Gasteiger charge is 2.31. The molecular formula is C18H25NO2. The van der Waals surface area contributed by atoms with Gasteiger partial charge in [-0.1, -0.05) is 24.3 Å². The number of carbonyl (C=O) groups excluding carboxylic acids is 1. The number of rotatable bonds is 2. The second-order valence-electron chi connectivity index (χ2n) is 7.35. The van der Waals surface area contributed by atoms with Gasteiger partial charge in [-0.25, -0.2) is 4.79 Å². The minimum Gasteiger partial charge on any atom is -0.444 e. The van der Waals surface area contributed by atoms with Crippen LogP contribution in [0.3, 0.4) is 0 Å². The van der Waals surface area contributed by atoms with Crippen molar-refractivity contribution in [2.24, 2.45) is 0 Å². The number of hydrogen-bond acceptors (Lipinski definition) is 2. The van der Waals surface area contributed by atoms with Crippen molar-refractivity contribution in [2.45, 2.75) is 57.5 Å². The molecule has 0 spiro atoms. The van der Waals surface area contributed by atoms with Crippen molar-refractivity contribution >= 4 is 6.09 Å². The third-order valence-corrected chi connectivity index (χ3v) is 4.30. The first-order chi connectivity index (χ1) is 9.92. The Morgan fingerprint density at radius 2 is 1.62 bits per heavy atom. The summed E-state index contributed by atoms with van der Waals surface area (Å²) in [5.41, 5.74) is 2.41. The SMILES string of the molecule is CC(C)(C)OC(=O)N1CCC(c2ccc(C3CC3)cc2)C1. The van der Waals surface area contributed by atoms with Gasteiger partial charge in [0.1, 0.15) is 5.60 Å². The first-order valence-electron chi connectivity index (χ1n) is 8.00. The molecule has 1 saturated heterocycles. The molecule has 2 aliphatic rings. The number of ether oxygens (including phenoxy) is 1. The molecule has 0 bridgehead atoms. The summed E-state index contributed by atoms with van der Waals surface area (Å²) in [5.74, 6) is 1.26. The van der Waals surface area contributed by atoms with Crippen LogP contribution in [-0.4, -0.2) is 29.7 Å². The quantitative estimate of drug-likeness (QED) is 0.812. The lowest BCUT2D eigenvalue weighted by atomic mass is 9.96. The van der Waals surface area contributed by atoms with E-state index in [4.69, 9.17) is 4.74 Å². The van der Waals surface area contributed by atoms with Crippen molar-refractivity contribution < 1.29 is 9.53 Å². The Balaban J connectivity index is 1.59. The molecule has 1 aliphatic carbocycles. The topological polar surface area (TPSA) is 29.5 Å². The van der Waals surface area contributed by atoms with Gasteiger partial charge in [0, 0.05) is 19.0 Å². The van der Waals surface area contributed by atoms with E-state index in [9.17, 15) is 4.79 Å². The second-order valence-corrected chi connectivity index (χ2v) is 7.35. The number of carbonyl (C=O) groups is 1. The predicted octanol–water partition coefficient (Wildman–Crippen LogP) is 4.29. The number of benzene rings is 1. The molecule has 1 amide bonds. The van der Waals surface area contributed by atoms with Gasteiger partial charge in [-0.05, 0) is 57.1 Å². The summed E-state index contributed by atoms with van der Waals surface area (Å²) in [4.78, 5) is 13.9. The largest absolute Gasteiger partial charge is 0.444 e. The van der Waals surface area contributed by atoms with E-state index >= 15 is 0 Å². The molecule has 3 heteroatoms. The maximum Gasteiger partial charge on any atom is 0.410 e. The van der Waals surface area contributed by atoms with E-state index in [0.29, 0.717) is 5.92 Å². The molecule has 1 aliphatic heterocycles. The van der Waals surface area contributed by atoms with Crippen LogP contribution in [0.5, 0.6) is 0 Å². The minimum atomic E-state index is -0.416. The third kappa shape index (κ3) is 3.58. The summed E-state index contributed by atoms with van der Waals surface area (Å²) in [7, 11) is 0. The second kappa shape index (κ2) is 5.36. The van der Waals surface area contributed by atoms with Crippen molar-refractivity contribution in [3.8, 4) is 0 Å². The highest BCUT2D eigenvalue weighted by molar-refractivity contribution is 5.68. The fraction of sp³-hybridized carbons (Fsp3) is 0.611. The van der Waals surface area contributed by atoms with Crippen molar-refractivity contribution in [3.05, 3.63) is 35.4 Å². The minimum absolute atomic E-state index is 0.181. The lowest BCUT2D eigenvalue weighted by Crippen LogP contribution is -2.35. The summed E-state index contributed by atoms with van der Waals surface area (Å²) in [5, 5.41) is 0. The van der Waals surface area contributed by atoms with E-state index < -0.39 is 5.60 Å². The van der Waals surface area contributed by atoms with Gasteiger partial charge in [-0.3, -0.25) is 0 Å². The average molecular weight is 287 g/mol. The van der Waals surface area contributed by atoms with E-state index in [1.54, 1.807) is 0 Å². The molecule has 1 atom stereocenters. The van der Waals surface area contributed by atoms with Crippen LogP contribution in [0.1, 0.15) is 63.0 Å². The summed E-state index contributed by atoms with van der Waals surface area (Å²) in [6.45, 7) is 7.31. The van der Waals surface area contributed by atoms with Crippen LogP contribution in [0.2, 0.25) is 0 Å². The molecule has 3 rings (SSSR count). The van der Waals surface area contributed by atoms with Crippen molar-refractivity contribution in [1.82, 2.24) is 4.90 Å². The zero-order chi connectivity index (χ0) is 15.0. The van der Waals surface area contributed by atoms with Crippen LogP contribution in [0.15, 0.2) is 24.3 Å². The van der Waals surface area contributed by atoms with Crippen LogP contribution in [0, 0.1) is 0 Å². The molecule has 3 nitrogen and oxygen atoms in total. The highest BCUT2D eigenvalue weighted by Crippen LogP contribution is 2.40. The predicted molar refractivity (Wildman–Crippen MR) is 83.6 cm³/mol. The highest BCUT2D eigenvalue weighted by atomic mass is 16.6. The number of likely N-dealkylation sites (tertiary alicyclic amines) is 1. The van der Waals surface area contributed by atoms with Gasteiger partial charge in [0.05, 0.1) is 0 Å². The van der Waals surface area contributed by atoms with Crippen molar-refractivity contribution in [2.75, 3.05) is 13.1 Å². The zero-order valence-electron chi connectivity index (χ0n) is 13.3. The first kappa shape index (κ1) is 14.4. The fourth-order valence-electron chi connectivity index (χ4n) is 2.98. The molecule has 0 N–H and O–H groups in total. The molecule has 2 fully saturated rings. The molecule has 1 aromatic rings. The van der Waals surface area contributed by atoms with Gasteiger partial charge in [-0.2, -0.15) is 0 Å². The Morgan fingerprint density at radius 3 is 2.14 bits per heavy atom. The monoisotopic (exact) mass is 287 g/mol. The maximum atomic E-state index is 12.1. The standard InChI is InChI=1S/C18H25NO2/c1-18(2,3)21-17(20)19-11-10-16(12-19)15-8-6-14(7-9-15)13-4-5-13/h6-9,13,16H,4-5,10-12H2,1-3H3. The lowest BCUT2D eigenvalue weighted by Gasteiger charge is -2.24. The van der Waals surface area contributed by atoms with Gasteiger partial charge >= 0.3 is 6.09 Å². The van der Waals surface area contributed by atoms with E-state index in [1.165, 1.54) is 24.0 Å². The molecule has 114 valence electrons. The van der Waals surface area contributed by atoms with Gasteiger partial charge in [-0.15, -0.1) is 0 Å². The Labute approximate surface area is 127 Å². The average Bonchev–Trinajstić information content (AvgIpc) is 3.14. The van der Waals surface area contributed by atoms with Gasteiger partial charge in [0.2, 0.25) is 0 Å². The van der Waals surface area contributed by atoms with Crippen LogP contribution >= 0.6 is 0 Å². The lowest BCUT2D eigenvalue weighted by molar-refractivity contribution is 0.0292. The smallest absolute Gasteiger partial charge is 0.410 e. The first-order valence-corrected chi connectivity index (χ1v) is 8.00. The Hall–Kier alpha value is -1.51. The van der Waals surface area contributed by atoms with Crippen LogP contribution in [-0.2, 0) is 4.74 Å². The van der Waals surface area contributed by atoms with E-state index in [2.05, 4.69) is 24.3 Å². The Morgan fingerprint density at radius 1 is 1.05 bits per heavy atom. The molecule has 1 unspecified atom stereocenters. The van der Waals surface area contributed by atoms with Crippen LogP contribution in [0.25, 0.3) is 0 Å². The van der Waals surface area contributed by atoms with E-state index in [-0.39, 0.29) is 6.09 Å². The number of hydrogen-bond donors (Lipinski definition) is 0. The summed E-state index contributed by atoms with van der Waals surface area (Å²) < 4.78 is 5.45. The Bertz CT molecular complexity index is 511. The van der Waals surface area contributed by atoms with Crippen molar-refractivity contribution in [3.63, 3.8) is 0 Å². The van der Waals surface area contributed by atoms with E-state index in [1.807, 2.05) is 25.7 Å². The normalized spacial score (nSPS) is 22.4. The number of amides is 1. The summed E-state index contributed by atoms with van der Waals surface area (Å²) in [6.07, 6.45) is 3.53. The molecule has 1 saturated carbocycles. The summed E-state index contributed by atoms with van der Waals surface area (Å²) in [6, 6.07) is 9.03. The van der Waals surface area contributed by atoms with Gasteiger partial charge < -0.3 is 9.64 Å². The molecule has 0 radical (unpaired) electrons. The van der Waals surface area contributed by atoms with Gasteiger partial charge in [0.15, 0.2) is 0 Å². The third-order valence-electron chi connectivity index (χ3n) is 4.30. The zero-order valence-corrected chi connectivity index (χ0v) is 13.3. The Kier molecular flexibility index (Phi) is 3.68. The van der Waals surface area contributed by atoms with E-state index in [0.717, 1.165) is 25.4 Å². The fourth-order valence-corrected chi connectivity index (χ4v) is 2.98. The maximum absolute atomic E-state index is 12.1. The summed E-state index contributed by atoms with van der Waals surface area (Å²) >= 11 is 0. The van der Waals surface area contributed by atoms with Crippen LogP contribution < -0.4 is 0 Å². The molecule has 21 heavy (non-hydrogen) atoms. The number of nitrogens with zero attached hydrogens (tertiary/aromatic N) is 1. The molecule has 1 heterocycles. The van der Waals surface area contributed by atoms with Gasteiger partial charge in [0.25, 0.3) is 0 Å². The molecular weight excluding hydrogens is 262 g/mol. The van der Waals surface area contributed by atoms with Crippen LogP contribution in [0.4, 0.5) is 4.79 Å². The van der Waals surface area contributed by atoms with Crippen molar-refractivity contribution in [1.29, 1.82) is 0 Å².